The monoisotopic (exact) mass is 373 g/mol. The Morgan fingerprint density at radius 3 is 2.48 bits per heavy atom. The average molecular weight is 373 g/mol. The normalized spacial score (nSPS) is 21.4. The Kier molecular flexibility index (Phi) is 7.51. The molecule has 3 rings (SSSR count). The number of amides is 2. The molecule has 1 saturated carbocycles. The van der Waals surface area contributed by atoms with Crippen LogP contribution in [-0.2, 0) is 9.59 Å². The average Bonchev–Trinajstić information content (AvgIpc) is 2.97. The lowest BCUT2D eigenvalue weighted by molar-refractivity contribution is -0.127. The molecule has 2 aliphatic rings. The van der Waals surface area contributed by atoms with E-state index in [1.165, 1.54) is 38.5 Å². The van der Waals surface area contributed by atoms with Crippen LogP contribution < -0.4 is 15.4 Å². The zero-order valence-corrected chi connectivity index (χ0v) is 16.0. The fourth-order valence-electron chi connectivity index (χ4n) is 4.03. The molecule has 6 heteroatoms. The van der Waals surface area contributed by atoms with Gasteiger partial charge in [-0.3, -0.25) is 14.5 Å². The number of rotatable bonds is 7. The molecule has 1 aliphatic heterocycles. The minimum absolute atomic E-state index is 0.00306. The molecule has 1 aliphatic carbocycles. The van der Waals surface area contributed by atoms with Crippen LogP contribution in [0.25, 0.3) is 0 Å². The zero-order valence-electron chi connectivity index (χ0n) is 16.0. The molecule has 2 amide bonds. The first-order valence-electron chi connectivity index (χ1n) is 10.2. The number of hydrogen-bond donors (Lipinski definition) is 2. The van der Waals surface area contributed by atoms with Crippen molar-refractivity contribution in [3.63, 3.8) is 0 Å². The summed E-state index contributed by atoms with van der Waals surface area (Å²) in [6.45, 7) is 1.90. The highest BCUT2D eigenvalue weighted by atomic mass is 16.5. The largest absolute Gasteiger partial charge is 0.484 e. The maximum Gasteiger partial charge on any atom is 0.258 e. The lowest BCUT2D eigenvalue weighted by Crippen LogP contribution is -2.44. The van der Waals surface area contributed by atoms with Gasteiger partial charge in [-0.1, -0.05) is 43.9 Å². The molecular formula is C21H31N3O3. The molecule has 148 valence electrons. The van der Waals surface area contributed by atoms with Gasteiger partial charge >= 0.3 is 0 Å². The Bertz CT molecular complexity index is 600. The molecule has 0 spiro atoms. The van der Waals surface area contributed by atoms with Crippen molar-refractivity contribution >= 4 is 11.8 Å². The molecule has 27 heavy (non-hydrogen) atoms. The molecule has 1 saturated heterocycles. The summed E-state index contributed by atoms with van der Waals surface area (Å²) in [5.74, 6) is 0.220. The fourth-order valence-corrected chi connectivity index (χ4v) is 4.03. The summed E-state index contributed by atoms with van der Waals surface area (Å²) >= 11 is 0. The number of nitrogens with one attached hydrogen (secondary N) is 2. The molecule has 1 aromatic carbocycles. The number of para-hydroxylation sites is 1. The second-order valence-electron chi connectivity index (χ2n) is 7.57. The van der Waals surface area contributed by atoms with Gasteiger partial charge in [0.05, 0.1) is 6.54 Å². The van der Waals surface area contributed by atoms with Crippen LogP contribution in [0.1, 0.15) is 44.9 Å². The van der Waals surface area contributed by atoms with Gasteiger partial charge in [-0.2, -0.15) is 0 Å². The number of hydrogen-bond acceptors (Lipinski definition) is 4. The molecule has 2 fully saturated rings. The van der Waals surface area contributed by atoms with Gasteiger partial charge in [-0.15, -0.1) is 0 Å². The van der Waals surface area contributed by atoms with Crippen molar-refractivity contribution in [3.05, 3.63) is 30.3 Å². The number of carbonyl (C=O) groups is 2. The highest BCUT2D eigenvalue weighted by Crippen LogP contribution is 2.25. The van der Waals surface area contributed by atoms with Gasteiger partial charge in [0, 0.05) is 25.2 Å². The second-order valence-corrected chi connectivity index (χ2v) is 7.57. The van der Waals surface area contributed by atoms with Crippen molar-refractivity contribution in [1.82, 2.24) is 15.5 Å². The molecule has 1 heterocycles. The standard InChI is InChI=1S/C21H31N3O3/c25-20(14-22-21(26)16-27-19-10-6-3-7-11-19)23-17-12-13-24(15-17)18-8-4-1-2-5-9-18/h3,6-7,10-11,17-18H,1-2,4-5,8-9,12-16H2,(H,22,26)(H,23,25). The lowest BCUT2D eigenvalue weighted by atomic mass is 10.1. The van der Waals surface area contributed by atoms with E-state index in [0.29, 0.717) is 11.8 Å². The van der Waals surface area contributed by atoms with Gasteiger partial charge in [0.2, 0.25) is 5.91 Å². The Morgan fingerprint density at radius 1 is 1.00 bits per heavy atom. The first-order chi connectivity index (χ1) is 13.2. The number of nitrogens with zero attached hydrogens (tertiary/aromatic N) is 1. The van der Waals surface area contributed by atoms with E-state index in [9.17, 15) is 9.59 Å². The molecule has 6 nitrogen and oxygen atoms in total. The third-order valence-electron chi connectivity index (χ3n) is 5.49. The van der Waals surface area contributed by atoms with Crippen LogP contribution in [0.15, 0.2) is 30.3 Å². The Balaban J connectivity index is 1.31. The molecule has 1 unspecified atom stereocenters. The van der Waals surface area contributed by atoms with Gasteiger partial charge in [-0.05, 0) is 31.4 Å². The fraction of sp³-hybridized carbons (Fsp3) is 0.619. The van der Waals surface area contributed by atoms with Crippen molar-refractivity contribution in [2.45, 2.75) is 57.0 Å². The number of ether oxygens (including phenoxy) is 1. The Labute approximate surface area is 161 Å². The Morgan fingerprint density at radius 2 is 1.74 bits per heavy atom. The number of likely N-dealkylation sites (tertiary alicyclic amines) is 1. The second kappa shape index (κ2) is 10.3. The minimum atomic E-state index is -0.291. The topological polar surface area (TPSA) is 70.7 Å². The summed E-state index contributed by atoms with van der Waals surface area (Å²) in [7, 11) is 0. The van der Waals surface area contributed by atoms with Gasteiger partial charge in [-0.25, -0.2) is 0 Å². The van der Waals surface area contributed by atoms with Crippen LogP contribution in [0.4, 0.5) is 0 Å². The lowest BCUT2D eigenvalue weighted by Gasteiger charge is -2.26. The summed E-state index contributed by atoms with van der Waals surface area (Å²) in [4.78, 5) is 26.5. The van der Waals surface area contributed by atoms with Crippen molar-refractivity contribution in [3.8, 4) is 5.75 Å². The van der Waals surface area contributed by atoms with Crippen LogP contribution in [0, 0.1) is 0 Å². The van der Waals surface area contributed by atoms with Crippen molar-refractivity contribution < 1.29 is 14.3 Å². The van der Waals surface area contributed by atoms with E-state index < -0.39 is 0 Å². The molecule has 1 aromatic rings. The van der Waals surface area contributed by atoms with Gasteiger partial charge in [0.1, 0.15) is 5.75 Å². The van der Waals surface area contributed by atoms with Crippen molar-refractivity contribution in [1.29, 1.82) is 0 Å². The summed E-state index contributed by atoms with van der Waals surface area (Å²) < 4.78 is 5.37. The van der Waals surface area contributed by atoms with E-state index >= 15 is 0 Å². The Hall–Kier alpha value is -2.08. The molecule has 0 aromatic heterocycles. The molecule has 1 atom stereocenters. The van der Waals surface area contributed by atoms with E-state index in [-0.39, 0.29) is 31.0 Å². The maximum absolute atomic E-state index is 12.1. The van der Waals surface area contributed by atoms with E-state index in [1.807, 2.05) is 18.2 Å². The SMILES string of the molecule is O=C(COc1ccccc1)NCC(=O)NC1CCN(C2CCCCCC2)C1. The predicted octanol–water partition coefficient (Wildman–Crippen LogP) is 2.09. The molecule has 0 radical (unpaired) electrons. The molecular weight excluding hydrogens is 342 g/mol. The highest BCUT2D eigenvalue weighted by molar-refractivity contribution is 5.85. The first kappa shape index (κ1) is 19.7. The van der Waals surface area contributed by atoms with Gasteiger partial charge < -0.3 is 15.4 Å². The number of benzene rings is 1. The van der Waals surface area contributed by atoms with Crippen LogP contribution in [0.2, 0.25) is 0 Å². The van der Waals surface area contributed by atoms with Crippen molar-refractivity contribution in [2.24, 2.45) is 0 Å². The van der Waals surface area contributed by atoms with Crippen LogP contribution in [0.3, 0.4) is 0 Å². The van der Waals surface area contributed by atoms with Crippen LogP contribution in [-0.4, -0.2) is 55.0 Å². The van der Waals surface area contributed by atoms with E-state index in [2.05, 4.69) is 15.5 Å². The van der Waals surface area contributed by atoms with Gasteiger partial charge in [0.25, 0.3) is 5.91 Å². The predicted molar refractivity (Wildman–Crippen MR) is 105 cm³/mol. The summed E-state index contributed by atoms with van der Waals surface area (Å²) in [5.41, 5.74) is 0. The smallest absolute Gasteiger partial charge is 0.258 e. The van der Waals surface area contributed by atoms with E-state index in [4.69, 9.17) is 4.74 Å². The third-order valence-corrected chi connectivity index (χ3v) is 5.49. The molecule has 2 N–H and O–H groups in total. The number of carbonyl (C=O) groups excluding carboxylic acids is 2. The summed E-state index contributed by atoms with van der Waals surface area (Å²) in [6.07, 6.45) is 8.95. The van der Waals surface area contributed by atoms with Crippen LogP contribution in [0.5, 0.6) is 5.75 Å². The zero-order chi connectivity index (χ0) is 18.9. The van der Waals surface area contributed by atoms with E-state index in [1.54, 1.807) is 12.1 Å². The van der Waals surface area contributed by atoms with Crippen LogP contribution >= 0.6 is 0 Å². The van der Waals surface area contributed by atoms with Gasteiger partial charge in [0.15, 0.2) is 6.61 Å². The van der Waals surface area contributed by atoms with E-state index in [0.717, 1.165) is 19.5 Å². The maximum atomic E-state index is 12.1. The highest BCUT2D eigenvalue weighted by Gasteiger charge is 2.29. The third kappa shape index (κ3) is 6.54. The summed E-state index contributed by atoms with van der Waals surface area (Å²) in [6, 6.07) is 10.0. The quantitative estimate of drug-likeness (QED) is 0.718. The minimum Gasteiger partial charge on any atom is -0.484 e. The summed E-state index contributed by atoms with van der Waals surface area (Å²) in [5, 5.41) is 5.68. The first-order valence-corrected chi connectivity index (χ1v) is 10.2. The molecule has 0 bridgehead atoms. The van der Waals surface area contributed by atoms with Crippen molar-refractivity contribution in [2.75, 3.05) is 26.2 Å².